The Morgan fingerprint density at radius 2 is 1.92 bits per heavy atom. The molecule has 2 rings (SSSR count). The van der Waals surface area contributed by atoms with Crippen molar-refractivity contribution in [1.29, 1.82) is 0 Å². The molecule has 2 N–H and O–H groups in total. The van der Waals surface area contributed by atoms with Crippen molar-refractivity contribution in [3.05, 3.63) is 35.4 Å². The van der Waals surface area contributed by atoms with Crippen LogP contribution in [-0.4, -0.2) is 44.6 Å². The quantitative estimate of drug-likeness (QED) is 0.403. The molecular weight excluding hydrogens is 444 g/mol. The first kappa shape index (κ1) is 22.0. The van der Waals surface area contributed by atoms with Crippen LogP contribution in [0.3, 0.4) is 0 Å². The third-order valence-corrected chi connectivity index (χ3v) is 4.25. The fraction of sp³-hybridized carbons (Fsp3) is 0.588. The molecule has 1 unspecified atom stereocenters. The first-order valence-corrected chi connectivity index (χ1v) is 8.17. The van der Waals surface area contributed by atoms with Crippen molar-refractivity contribution in [2.45, 2.75) is 25.6 Å². The van der Waals surface area contributed by atoms with Gasteiger partial charge >= 0.3 is 6.18 Å². The summed E-state index contributed by atoms with van der Waals surface area (Å²) in [4.78, 5) is 6.49. The number of aliphatic imine (C=N–C) groups is 1. The molecule has 1 aliphatic rings. The molecule has 0 saturated carbocycles. The number of benzene rings is 1. The molecule has 142 valence electrons. The number of likely N-dealkylation sites (tertiary alicyclic amines) is 1. The van der Waals surface area contributed by atoms with Gasteiger partial charge in [-0.25, -0.2) is 0 Å². The third-order valence-electron chi connectivity index (χ3n) is 4.25. The van der Waals surface area contributed by atoms with Gasteiger partial charge in [-0.05, 0) is 50.0 Å². The van der Waals surface area contributed by atoms with Crippen LogP contribution in [0.25, 0.3) is 0 Å². The third kappa shape index (κ3) is 7.39. The molecule has 4 nitrogen and oxygen atoms in total. The molecule has 0 bridgehead atoms. The standard InChI is InChI=1S/C17H25F3N4.HI/c1-21-16(23-11-14-4-3-9-24(2)12-14)22-10-13-5-7-15(8-6-13)17(18,19)20;/h5-8,14H,3-4,9-12H2,1-2H3,(H2,21,22,23);1H. The molecular formula is C17H26F3IN4. The normalized spacial score (nSPS) is 19.2. The summed E-state index contributed by atoms with van der Waals surface area (Å²) in [5, 5.41) is 6.44. The van der Waals surface area contributed by atoms with Crippen LogP contribution in [0.5, 0.6) is 0 Å². The van der Waals surface area contributed by atoms with E-state index in [4.69, 9.17) is 0 Å². The molecule has 1 atom stereocenters. The van der Waals surface area contributed by atoms with E-state index < -0.39 is 11.7 Å². The first-order chi connectivity index (χ1) is 11.4. The van der Waals surface area contributed by atoms with E-state index >= 15 is 0 Å². The zero-order valence-corrected chi connectivity index (χ0v) is 16.9. The van der Waals surface area contributed by atoms with Crippen molar-refractivity contribution in [3.8, 4) is 0 Å². The molecule has 1 aliphatic heterocycles. The van der Waals surface area contributed by atoms with E-state index in [1.807, 2.05) is 0 Å². The molecule has 0 aromatic heterocycles. The van der Waals surface area contributed by atoms with Crippen molar-refractivity contribution in [3.63, 3.8) is 0 Å². The van der Waals surface area contributed by atoms with Crippen LogP contribution >= 0.6 is 24.0 Å². The van der Waals surface area contributed by atoms with E-state index in [0.717, 1.165) is 37.3 Å². The number of alkyl halides is 3. The summed E-state index contributed by atoms with van der Waals surface area (Å²) in [5.41, 5.74) is 0.151. The van der Waals surface area contributed by atoms with E-state index in [9.17, 15) is 13.2 Å². The predicted molar refractivity (Wildman–Crippen MR) is 105 cm³/mol. The molecule has 0 amide bonds. The maximum atomic E-state index is 12.5. The van der Waals surface area contributed by atoms with Crippen molar-refractivity contribution in [2.75, 3.05) is 33.7 Å². The Bertz CT molecular complexity index is 546. The summed E-state index contributed by atoms with van der Waals surface area (Å²) in [5.74, 6) is 1.26. The highest BCUT2D eigenvalue weighted by molar-refractivity contribution is 14.0. The zero-order valence-electron chi connectivity index (χ0n) is 14.6. The minimum Gasteiger partial charge on any atom is -0.356 e. The lowest BCUT2D eigenvalue weighted by molar-refractivity contribution is -0.137. The van der Waals surface area contributed by atoms with Crippen LogP contribution in [0.1, 0.15) is 24.0 Å². The fourth-order valence-electron chi connectivity index (χ4n) is 2.90. The number of hydrogen-bond acceptors (Lipinski definition) is 2. The highest BCUT2D eigenvalue weighted by atomic mass is 127. The van der Waals surface area contributed by atoms with Crippen LogP contribution in [0.15, 0.2) is 29.3 Å². The molecule has 0 aliphatic carbocycles. The second-order valence-corrected chi connectivity index (χ2v) is 6.27. The summed E-state index contributed by atoms with van der Waals surface area (Å²) in [6.07, 6.45) is -1.88. The van der Waals surface area contributed by atoms with E-state index in [0.29, 0.717) is 18.4 Å². The Morgan fingerprint density at radius 1 is 1.24 bits per heavy atom. The average Bonchev–Trinajstić information content (AvgIpc) is 2.55. The summed E-state index contributed by atoms with van der Waals surface area (Å²) >= 11 is 0. The van der Waals surface area contributed by atoms with E-state index in [1.54, 1.807) is 7.05 Å². The molecule has 1 heterocycles. The smallest absolute Gasteiger partial charge is 0.356 e. The summed E-state index contributed by atoms with van der Waals surface area (Å²) in [6.45, 7) is 3.50. The minimum atomic E-state index is -4.29. The number of halogens is 4. The second-order valence-electron chi connectivity index (χ2n) is 6.27. The van der Waals surface area contributed by atoms with Crippen LogP contribution in [-0.2, 0) is 12.7 Å². The highest BCUT2D eigenvalue weighted by Crippen LogP contribution is 2.29. The number of piperidine rings is 1. The number of guanidine groups is 1. The maximum absolute atomic E-state index is 12.5. The van der Waals surface area contributed by atoms with Gasteiger partial charge in [-0.2, -0.15) is 13.2 Å². The monoisotopic (exact) mass is 470 g/mol. The molecule has 1 aromatic carbocycles. The molecule has 1 fully saturated rings. The van der Waals surface area contributed by atoms with Gasteiger partial charge in [0.05, 0.1) is 5.56 Å². The summed E-state index contributed by atoms with van der Waals surface area (Å²) in [7, 11) is 3.82. The van der Waals surface area contributed by atoms with Crippen molar-refractivity contribution < 1.29 is 13.2 Å². The fourth-order valence-corrected chi connectivity index (χ4v) is 2.90. The maximum Gasteiger partial charge on any atom is 0.416 e. The van der Waals surface area contributed by atoms with Gasteiger partial charge in [0.2, 0.25) is 0 Å². The topological polar surface area (TPSA) is 39.7 Å². The lowest BCUT2D eigenvalue weighted by Gasteiger charge is -2.30. The number of nitrogens with zero attached hydrogens (tertiary/aromatic N) is 2. The average molecular weight is 470 g/mol. The molecule has 8 heteroatoms. The Labute approximate surface area is 164 Å². The van der Waals surface area contributed by atoms with Crippen molar-refractivity contribution in [2.24, 2.45) is 10.9 Å². The van der Waals surface area contributed by atoms with Crippen molar-refractivity contribution >= 4 is 29.9 Å². The van der Waals surface area contributed by atoms with Gasteiger partial charge in [0.1, 0.15) is 0 Å². The van der Waals surface area contributed by atoms with E-state index in [-0.39, 0.29) is 24.0 Å². The van der Waals surface area contributed by atoms with Crippen molar-refractivity contribution in [1.82, 2.24) is 15.5 Å². The Balaban J connectivity index is 0.00000312. The molecule has 1 aromatic rings. The summed E-state index contributed by atoms with van der Waals surface area (Å²) in [6, 6.07) is 5.18. The van der Waals surface area contributed by atoms with Gasteiger partial charge in [-0.1, -0.05) is 12.1 Å². The lowest BCUT2D eigenvalue weighted by atomic mass is 9.99. The van der Waals surface area contributed by atoms with Gasteiger partial charge in [0.25, 0.3) is 0 Å². The predicted octanol–water partition coefficient (Wildman–Crippen LogP) is 3.33. The van der Waals surface area contributed by atoms with E-state index in [1.165, 1.54) is 25.0 Å². The Hall–Kier alpha value is -1.03. The van der Waals surface area contributed by atoms with Gasteiger partial charge in [-0.3, -0.25) is 4.99 Å². The number of rotatable bonds is 4. The Kier molecular flexibility index (Phi) is 8.98. The minimum absolute atomic E-state index is 0. The van der Waals surface area contributed by atoms with Gasteiger partial charge in [0, 0.05) is 26.7 Å². The lowest BCUT2D eigenvalue weighted by Crippen LogP contribution is -2.43. The largest absolute Gasteiger partial charge is 0.416 e. The number of hydrogen-bond donors (Lipinski definition) is 2. The van der Waals surface area contributed by atoms with Crippen LogP contribution < -0.4 is 10.6 Å². The van der Waals surface area contributed by atoms with Gasteiger partial charge in [-0.15, -0.1) is 24.0 Å². The molecule has 0 spiro atoms. The second kappa shape index (κ2) is 10.2. The van der Waals surface area contributed by atoms with Gasteiger partial charge in [0.15, 0.2) is 5.96 Å². The van der Waals surface area contributed by atoms with Gasteiger partial charge < -0.3 is 15.5 Å². The van der Waals surface area contributed by atoms with Crippen LogP contribution in [0.2, 0.25) is 0 Å². The zero-order chi connectivity index (χ0) is 17.6. The molecule has 25 heavy (non-hydrogen) atoms. The van der Waals surface area contributed by atoms with Crippen LogP contribution in [0.4, 0.5) is 13.2 Å². The Morgan fingerprint density at radius 3 is 2.48 bits per heavy atom. The number of nitrogens with one attached hydrogen (secondary N) is 2. The molecule has 1 saturated heterocycles. The highest BCUT2D eigenvalue weighted by Gasteiger charge is 2.29. The van der Waals surface area contributed by atoms with E-state index in [2.05, 4.69) is 27.6 Å². The molecule has 0 radical (unpaired) electrons. The summed E-state index contributed by atoms with van der Waals surface area (Å²) < 4.78 is 37.6. The SMILES string of the molecule is CN=C(NCc1ccc(C(F)(F)F)cc1)NCC1CCCN(C)C1.I. The first-order valence-electron chi connectivity index (χ1n) is 8.17. The van der Waals surface area contributed by atoms with Crippen LogP contribution in [0, 0.1) is 5.92 Å².